The van der Waals surface area contributed by atoms with E-state index in [-0.39, 0.29) is 10.3 Å². The second-order valence-corrected chi connectivity index (χ2v) is 4.43. The highest BCUT2D eigenvalue weighted by atomic mass is 32.1. The van der Waals surface area contributed by atoms with Gasteiger partial charge >= 0.3 is 0 Å². The van der Waals surface area contributed by atoms with E-state index in [2.05, 4.69) is 0 Å². The van der Waals surface area contributed by atoms with Gasteiger partial charge in [-0.25, -0.2) is 8.78 Å². The number of alkyl halides is 2. The Morgan fingerprint density at radius 1 is 1.27 bits per heavy atom. The summed E-state index contributed by atoms with van der Waals surface area (Å²) in [6.45, 7) is 1.87. The van der Waals surface area contributed by atoms with E-state index < -0.39 is 6.43 Å². The van der Waals surface area contributed by atoms with Crippen molar-refractivity contribution in [2.45, 2.75) is 13.3 Å². The first-order chi connectivity index (χ1) is 7.08. The fourth-order valence-electron chi connectivity index (χ4n) is 1.40. The third-order valence-electron chi connectivity index (χ3n) is 2.12. The van der Waals surface area contributed by atoms with Crippen molar-refractivity contribution < 1.29 is 8.78 Å². The highest BCUT2D eigenvalue weighted by molar-refractivity contribution is 7.18. The summed E-state index contributed by atoms with van der Waals surface area (Å²) in [6, 6.07) is 6.27. The third-order valence-corrected chi connectivity index (χ3v) is 3.22. The van der Waals surface area contributed by atoms with Crippen LogP contribution in [0, 0.1) is 6.92 Å². The number of fused-ring (bicyclic) bond motifs is 1. The molecule has 15 heavy (non-hydrogen) atoms. The Hall–Kier alpha value is -1.29. The fraction of sp³-hybridized carbons (Fsp3) is 0.182. The Labute approximate surface area is 89.0 Å². The Morgan fingerprint density at radius 2 is 2.00 bits per heavy atom. The van der Waals surface area contributed by atoms with Gasteiger partial charge in [0.1, 0.15) is 0 Å². The molecule has 0 aliphatic rings. The van der Waals surface area contributed by atoms with Crippen LogP contribution < -0.4 is 5.43 Å². The number of aryl methyl sites for hydroxylation is 1. The second-order valence-electron chi connectivity index (χ2n) is 3.31. The smallest absolute Gasteiger partial charge is 0.272 e. The van der Waals surface area contributed by atoms with Gasteiger partial charge in [-0.2, -0.15) is 0 Å². The lowest BCUT2D eigenvalue weighted by molar-refractivity contribution is 0.155. The lowest BCUT2D eigenvalue weighted by Crippen LogP contribution is -2.00. The topological polar surface area (TPSA) is 17.1 Å². The van der Waals surface area contributed by atoms with Crippen LogP contribution in [0.5, 0.6) is 0 Å². The predicted molar refractivity (Wildman–Crippen MR) is 57.8 cm³/mol. The number of hydrogen-bond acceptors (Lipinski definition) is 2. The van der Waals surface area contributed by atoms with E-state index in [0.29, 0.717) is 10.1 Å². The SMILES string of the molecule is Cc1ccc2sc(C(F)F)cc(=O)c2c1. The molecule has 1 aromatic heterocycles. The molecule has 4 heteroatoms. The molecule has 0 saturated carbocycles. The molecule has 0 radical (unpaired) electrons. The summed E-state index contributed by atoms with van der Waals surface area (Å²) >= 11 is 0.968. The van der Waals surface area contributed by atoms with Gasteiger partial charge < -0.3 is 0 Å². The molecule has 0 bridgehead atoms. The normalized spacial score (nSPS) is 11.2. The lowest BCUT2D eigenvalue weighted by Gasteiger charge is -2.01. The minimum Gasteiger partial charge on any atom is -0.289 e. The first-order valence-electron chi connectivity index (χ1n) is 4.40. The Morgan fingerprint density at radius 3 is 2.67 bits per heavy atom. The molecule has 1 nitrogen and oxygen atoms in total. The summed E-state index contributed by atoms with van der Waals surface area (Å²) in [5, 5.41) is 0.518. The van der Waals surface area contributed by atoms with Crippen LogP contribution in [0.3, 0.4) is 0 Å². The van der Waals surface area contributed by atoms with Gasteiger partial charge in [-0.15, -0.1) is 11.3 Å². The van der Waals surface area contributed by atoms with Crippen LogP contribution in [0.2, 0.25) is 0 Å². The highest BCUT2D eigenvalue weighted by Crippen LogP contribution is 2.27. The van der Waals surface area contributed by atoms with Crippen molar-refractivity contribution in [1.82, 2.24) is 0 Å². The maximum atomic E-state index is 12.4. The van der Waals surface area contributed by atoms with Crippen LogP contribution in [0.1, 0.15) is 16.9 Å². The number of hydrogen-bond donors (Lipinski definition) is 0. The Bertz CT molecular complexity index is 560. The molecule has 0 spiro atoms. The zero-order chi connectivity index (χ0) is 11.0. The van der Waals surface area contributed by atoms with Gasteiger partial charge in [-0.05, 0) is 19.1 Å². The standard InChI is InChI=1S/C11H8F2OS/c1-6-2-3-9-7(4-6)8(14)5-10(15-9)11(12)13/h2-5,11H,1H3. The van der Waals surface area contributed by atoms with Gasteiger partial charge in [0, 0.05) is 16.2 Å². The van der Waals surface area contributed by atoms with E-state index in [0.717, 1.165) is 23.0 Å². The van der Waals surface area contributed by atoms with Crippen molar-refractivity contribution in [3.05, 3.63) is 44.9 Å². The first kappa shape index (κ1) is 10.2. The van der Waals surface area contributed by atoms with Crippen molar-refractivity contribution in [3.8, 4) is 0 Å². The average molecular weight is 226 g/mol. The second kappa shape index (κ2) is 3.70. The molecule has 2 rings (SSSR count). The number of halogens is 2. The zero-order valence-corrected chi connectivity index (χ0v) is 8.78. The molecule has 78 valence electrons. The molecule has 0 fully saturated rings. The molecule has 1 aromatic carbocycles. The van der Waals surface area contributed by atoms with Gasteiger partial charge in [0.25, 0.3) is 6.43 Å². The summed E-state index contributed by atoms with van der Waals surface area (Å²) in [5.74, 6) is 0. The molecule has 2 aromatic rings. The van der Waals surface area contributed by atoms with Crippen LogP contribution >= 0.6 is 11.3 Å². The lowest BCUT2D eigenvalue weighted by atomic mass is 10.2. The molecule has 0 aliphatic heterocycles. The van der Waals surface area contributed by atoms with Gasteiger partial charge in [-0.1, -0.05) is 11.6 Å². The molecule has 0 amide bonds. The van der Waals surface area contributed by atoms with Gasteiger partial charge in [-0.3, -0.25) is 4.79 Å². The largest absolute Gasteiger partial charge is 0.289 e. The quantitative estimate of drug-likeness (QED) is 0.727. The maximum Gasteiger partial charge on any atom is 0.272 e. The molecule has 1 heterocycles. The van der Waals surface area contributed by atoms with Crippen molar-refractivity contribution in [3.63, 3.8) is 0 Å². The fourth-order valence-corrected chi connectivity index (χ4v) is 2.31. The molecule has 0 N–H and O–H groups in total. The molecular formula is C11H8F2OS. The van der Waals surface area contributed by atoms with E-state index in [4.69, 9.17) is 0 Å². The van der Waals surface area contributed by atoms with E-state index in [1.165, 1.54) is 0 Å². The van der Waals surface area contributed by atoms with E-state index in [1.54, 1.807) is 12.1 Å². The van der Waals surface area contributed by atoms with Crippen molar-refractivity contribution in [2.24, 2.45) is 0 Å². The minimum atomic E-state index is -2.58. The van der Waals surface area contributed by atoms with E-state index in [1.807, 2.05) is 13.0 Å². The van der Waals surface area contributed by atoms with E-state index >= 15 is 0 Å². The summed E-state index contributed by atoms with van der Waals surface area (Å²) in [6.07, 6.45) is -2.58. The van der Waals surface area contributed by atoms with Crippen LogP contribution in [0.4, 0.5) is 8.78 Å². The molecule has 0 saturated heterocycles. The van der Waals surface area contributed by atoms with Crippen molar-refractivity contribution >= 4 is 21.4 Å². The summed E-state index contributed by atoms with van der Waals surface area (Å²) in [4.78, 5) is 11.4. The van der Waals surface area contributed by atoms with Gasteiger partial charge in [0.05, 0.1) is 4.88 Å². The molecule has 0 atom stereocenters. The zero-order valence-electron chi connectivity index (χ0n) is 7.96. The van der Waals surface area contributed by atoms with Crippen LogP contribution in [-0.4, -0.2) is 0 Å². The van der Waals surface area contributed by atoms with Crippen LogP contribution in [0.15, 0.2) is 29.1 Å². The first-order valence-corrected chi connectivity index (χ1v) is 5.22. The molecule has 0 unspecified atom stereocenters. The van der Waals surface area contributed by atoms with Crippen LogP contribution in [0.25, 0.3) is 10.1 Å². The number of benzene rings is 1. The highest BCUT2D eigenvalue weighted by Gasteiger charge is 2.11. The summed E-state index contributed by atoms with van der Waals surface area (Å²) < 4.78 is 25.5. The van der Waals surface area contributed by atoms with Gasteiger partial charge in [0.2, 0.25) is 0 Å². The molecular weight excluding hydrogens is 218 g/mol. The van der Waals surface area contributed by atoms with Crippen LogP contribution in [-0.2, 0) is 0 Å². The van der Waals surface area contributed by atoms with Crippen molar-refractivity contribution in [1.29, 1.82) is 0 Å². The average Bonchev–Trinajstić information content (AvgIpc) is 2.18. The summed E-state index contributed by atoms with van der Waals surface area (Å²) in [5.41, 5.74) is 0.624. The molecule has 0 aliphatic carbocycles. The summed E-state index contributed by atoms with van der Waals surface area (Å²) in [7, 11) is 0. The van der Waals surface area contributed by atoms with E-state index in [9.17, 15) is 13.6 Å². The third kappa shape index (κ3) is 1.90. The number of rotatable bonds is 1. The minimum absolute atomic E-state index is 0.170. The Kier molecular flexibility index (Phi) is 2.52. The monoisotopic (exact) mass is 226 g/mol. The van der Waals surface area contributed by atoms with Gasteiger partial charge in [0.15, 0.2) is 5.43 Å². The maximum absolute atomic E-state index is 12.4. The Balaban J connectivity index is 2.79. The predicted octanol–water partition coefficient (Wildman–Crippen LogP) is 3.51. The van der Waals surface area contributed by atoms with Crippen molar-refractivity contribution in [2.75, 3.05) is 0 Å².